The average molecular weight is 143 g/mol. The molecule has 0 bridgehead atoms. The predicted octanol–water partition coefficient (Wildman–Crippen LogP) is -0.856. The van der Waals surface area contributed by atoms with Crippen molar-refractivity contribution in [1.29, 1.82) is 0 Å². The number of aliphatic hydroxyl groups is 3. The highest BCUT2D eigenvalue weighted by molar-refractivity contribution is 5.85. The van der Waals surface area contributed by atoms with Crippen LogP contribution in [0.2, 0.25) is 0 Å². The minimum atomic E-state index is -0.745. The number of halogens is 1. The molecule has 1 atom stereocenters. The van der Waals surface area contributed by atoms with Crippen LogP contribution < -0.4 is 0 Å². The Morgan fingerprint density at radius 1 is 1.25 bits per heavy atom. The second-order valence-electron chi connectivity index (χ2n) is 1.35. The van der Waals surface area contributed by atoms with Gasteiger partial charge in [0.2, 0.25) is 0 Å². The van der Waals surface area contributed by atoms with Crippen LogP contribution in [0.4, 0.5) is 0 Å². The Bertz CT molecular complexity index is 42.3. The largest absolute Gasteiger partial charge is 0.396 e. The summed E-state index contributed by atoms with van der Waals surface area (Å²) in [6, 6.07) is 0. The quantitative estimate of drug-likeness (QED) is 0.481. The Labute approximate surface area is 54.4 Å². The molecule has 4 heteroatoms. The van der Waals surface area contributed by atoms with E-state index in [1.165, 1.54) is 0 Å². The molecule has 0 aliphatic carbocycles. The molecule has 0 saturated carbocycles. The molecule has 0 saturated heterocycles. The number of hydrogen-bond acceptors (Lipinski definition) is 3. The summed E-state index contributed by atoms with van der Waals surface area (Å²) in [5, 5.41) is 24.6. The Kier molecular flexibility index (Phi) is 9.89. The van der Waals surface area contributed by atoms with Gasteiger partial charge < -0.3 is 15.3 Å². The molecule has 8 heavy (non-hydrogen) atoms. The van der Waals surface area contributed by atoms with Gasteiger partial charge in [-0.1, -0.05) is 0 Å². The zero-order chi connectivity index (χ0) is 5.70. The van der Waals surface area contributed by atoms with E-state index in [9.17, 15) is 0 Å². The fraction of sp³-hybridized carbons (Fsp3) is 1.00. The lowest BCUT2D eigenvalue weighted by Gasteiger charge is -2.00. The van der Waals surface area contributed by atoms with E-state index in [0.717, 1.165) is 0 Å². The summed E-state index contributed by atoms with van der Waals surface area (Å²) < 4.78 is 0. The van der Waals surface area contributed by atoms with Crippen LogP contribution in [0.25, 0.3) is 0 Å². The van der Waals surface area contributed by atoms with Gasteiger partial charge in [-0.3, -0.25) is 0 Å². The second kappa shape index (κ2) is 7.17. The first-order chi connectivity index (χ1) is 3.31. The van der Waals surface area contributed by atoms with Gasteiger partial charge in [0.25, 0.3) is 0 Å². The van der Waals surface area contributed by atoms with Gasteiger partial charge in [0.05, 0.1) is 12.7 Å². The summed E-state index contributed by atoms with van der Waals surface area (Å²) in [6.45, 7) is -0.331. The summed E-state index contributed by atoms with van der Waals surface area (Å²) in [5.41, 5.74) is 0. The molecule has 0 rings (SSSR count). The maximum absolute atomic E-state index is 8.45. The molecule has 0 aromatic carbocycles. The Morgan fingerprint density at radius 2 is 1.75 bits per heavy atom. The van der Waals surface area contributed by atoms with Gasteiger partial charge in [-0.05, 0) is 6.42 Å². The normalized spacial score (nSPS) is 12.4. The van der Waals surface area contributed by atoms with Crippen LogP contribution >= 0.6 is 12.4 Å². The van der Waals surface area contributed by atoms with Gasteiger partial charge in [0, 0.05) is 6.61 Å². The molecule has 3 nitrogen and oxygen atoms in total. The molecule has 0 radical (unpaired) electrons. The minimum absolute atomic E-state index is 0. The van der Waals surface area contributed by atoms with Crippen LogP contribution in [0.3, 0.4) is 0 Å². The molecule has 0 aliphatic rings. The molecule has 52 valence electrons. The fourth-order valence-electron chi connectivity index (χ4n) is 0.240. The number of rotatable bonds is 3. The van der Waals surface area contributed by atoms with Crippen molar-refractivity contribution >= 4 is 12.4 Å². The van der Waals surface area contributed by atoms with E-state index in [0.29, 0.717) is 0 Å². The van der Waals surface area contributed by atoms with Gasteiger partial charge in [-0.25, -0.2) is 0 Å². The van der Waals surface area contributed by atoms with Crippen molar-refractivity contribution in [2.45, 2.75) is 12.5 Å². The van der Waals surface area contributed by atoms with Crippen LogP contribution in [0.5, 0.6) is 0 Å². The van der Waals surface area contributed by atoms with E-state index in [1.807, 2.05) is 0 Å². The molecule has 0 aromatic heterocycles. The number of hydrogen-bond donors (Lipinski definition) is 3. The fourth-order valence-corrected chi connectivity index (χ4v) is 0.240. The molecule has 0 aromatic rings. The SMILES string of the molecule is Cl.OCCC(O)CO. The van der Waals surface area contributed by atoms with Gasteiger partial charge in [0.1, 0.15) is 0 Å². The van der Waals surface area contributed by atoms with E-state index in [2.05, 4.69) is 0 Å². The van der Waals surface area contributed by atoms with Crippen LogP contribution in [-0.4, -0.2) is 34.6 Å². The third kappa shape index (κ3) is 6.17. The first kappa shape index (κ1) is 11.0. The topological polar surface area (TPSA) is 60.7 Å². The summed E-state index contributed by atoms with van der Waals surface area (Å²) in [6.07, 6.45) is -0.485. The van der Waals surface area contributed by atoms with Crippen molar-refractivity contribution in [2.75, 3.05) is 13.2 Å². The van der Waals surface area contributed by atoms with Crippen molar-refractivity contribution in [3.8, 4) is 0 Å². The number of aliphatic hydroxyl groups excluding tert-OH is 3. The maximum atomic E-state index is 8.45. The van der Waals surface area contributed by atoms with E-state index in [-0.39, 0.29) is 32.0 Å². The zero-order valence-corrected chi connectivity index (χ0v) is 5.27. The Balaban J connectivity index is 0. The minimum Gasteiger partial charge on any atom is -0.396 e. The van der Waals surface area contributed by atoms with Crippen molar-refractivity contribution < 1.29 is 15.3 Å². The van der Waals surface area contributed by atoms with Crippen molar-refractivity contribution in [3.63, 3.8) is 0 Å². The molecule has 0 heterocycles. The van der Waals surface area contributed by atoms with Crippen LogP contribution in [-0.2, 0) is 0 Å². The van der Waals surface area contributed by atoms with Gasteiger partial charge in [0.15, 0.2) is 0 Å². The molecule has 0 aliphatic heterocycles. The molecule has 0 fully saturated rings. The Hall–Kier alpha value is 0.170. The van der Waals surface area contributed by atoms with Crippen LogP contribution in [0, 0.1) is 0 Å². The van der Waals surface area contributed by atoms with E-state index in [4.69, 9.17) is 15.3 Å². The van der Waals surface area contributed by atoms with Crippen LogP contribution in [0.15, 0.2) is 0 Å². The second-order valence-corrected chi connectivity index (χ2v) is 1.35. The third-order valence-electron chi connectivity index (χ3n) is 0.673. The molecule has 0 amide bonds. The van der Waals surface area contributed by atoms with E-state index >= 15 is 0 Å². The van der Waals surface area contributed by atoms with E-state index < -0.39 is 6.10 Å². The lowest BCUT2D eigenvalue weighted by molar-refractivity contribution is 0.0721. The smallest absolute Gasteiger partial charge is 0.0792 e. The van der Waals surface area contributed by atoms with Gasteiger partial charge in [-0.2, -0.15) is 0 Å². The average Bonchev–Trinajstić information content (AvgIpc) is 1.68. The zero-order valence-electron chi connectivity index (χ0n) is 4.45. The molecule has 0 spiro atoms. The standard InChI is InChI=1S/C4H10O3.ClH/c5-2-1-4(7)3-6;/h4-7H,1-3H2;1H. The van der Waals surface area contributed by atoms with Crippen molar-refractivity contribution in [3.05, 3.63) is 0 Å². The molecular weight excluding hydrogens is 131 g/mol. The predicted molar refractivity (Wildman–Crippen MR) is 32.0 cm³/mol. The third-order valence-corrected chi connectivity index (χ3v) is 0.673. The lowest BCUT2D eigenvalue weighted by Crippen LogP contribution is -2.12. The summed E-state index contributed by atoms with van der Waals surface area (Å²) in [7, 11) is 0. The monoisotopic (exact) mass is 142 g/mol. The highest BCUT2D eigenvalue weighted by Crippen LogP contribution is 1.84. The Morgan fingerprint density at radius 3 is 1.88 bits per heavy atom. The maximum Gasteiger partial charge on any atom is 0.0792 e. The summed E-state index contributed by atoms with van der Waals surface area (Å²) >= 11 is 0. The van der Waals surface area contributed by atoms with Crippen molar-refractivity contribution in [1.82, 2.24) is 0 Å². The molecule has 1 unspecified atom stereocenters. The van der Waals surface area contributed by atoms with Gasteiger partial charge in [-0.15, -0.1) is 12.4 Å². The van der Waals surface area contributed by atoms with Crippen molar-refractivity contribution in [2.24, 2.45) is 0 Å². The first-order valence-electron chi connectivity index (χ1n) is 2.21. The summed E-state index contributed by atoms with van der Waals surface area (Å²) in [5.74, 6) is 0. The highest BCUT2D eigenvalue weighted by atomic mass is 35.5. The first-order valence-corrected chi connectivity index (χ1v) is 2.21. The molecule has 3 N–H and O–H groups in total. The highest BCUT2D eigenvalue weighted by Gasteiger charge is 1.96. The van der Waals surface area contributed by atoms with Gasteiger partial charge >= 0.3 is 0 Å². The lowest BCUT2D eigenvalue weighted by atomic mass is 10.3. The van der Waals surface area contributed by atoms with E-state index in [1.54, 1.807) is 0 Å². The molecular formula is C4H11ClO3. The van der Waals surface area contributed by atoms with Crippen LogP contribution in [0.1, 0.15) is 6.42 Å². The summed E-state index contributed by atoms with van der Waals surface area (Å²) in [4.78, 5) is 0.